The number of carbonyl (C=O) groups is 3. The molecule has 3 aromatic rings. The van der Waals surface area contributed by atoms with Gasteiger partial charge in [0.05, 0.1) is 0 Å². The predicted octanol–water partition coefficient (Wildman–Crippen LogP) is 5.27. The fourth-order valence-electron chi connectivity index (χ4n) is 6.27. The van der Waals surface area contributed by atoms with Gasteiger partial charge in [-0.25, -0.2) is 4.79 Å². The number of hydrogen-bond donors (Lipinski definition) is 2. The summed E-state index contributed by atoms with van der Waals surface area (Å²) in [7, 11) is 1.73. The number of fused-ring (bicyclic) bond motifs is 3. The number of alkyl carbamates (subject to hydrolysis) is 1. The van der Waals surface area contributed by atoms with E-state index >= 15 is 0 Å². The van der Waals surface area contributed by atoms with E-state index in [0.717, 1.165) is 54.6 Å². The van der Waals surface area contributed by atoms with Crippen LogP contribution in [0.1, 0.15) is 54.7 Å². The number of ether oxygens (including phenoxy) is 1. The van der Waals surface area contributed by atoms with E-state index in [1.807, 2.05) is 54.6 Å². The average molecular weight is 570 g/mol. The van der Waals surface area contributed by atoms with Crippen LogP contribution in [0, 0.1) is 0 Å². The summed E-state index contributed by atoms with van der Waals surface area (Å²) in [5.74, 6) is -1.44. The van der Waals surface area contributed by atoms with Crippen LogP contribution < -0.4 is 5.32 Å². The number of likely N-dealkylation sites (tertiary alicyclic amines) is 1. The molecular formula is C34H39N3O5. The third kappa shape index (κ3) is 6.99. The van der Waals surface area contributed by atoms with Gasteiger partial charge in [-0.1, -0.05) is 85.3 Å². The van der Waals surface area contributed by atoms with Gasteiger partial charge < -0.3 is 20.1 Å². The molecule has 8 nitrogen and oxygen atoms in total. The Balaban J connectivity index is 1.21. The minimum Gasteiger partial charge on any atom is -0.481 e. The Morgan fingerprint density at radius 3 is 2.26 bits per heavy atom. The first-order valence-corrected chi connectivity index (χ1v) is 14.8. The molecule has 1 heterocycles. The Kier molecular flexibility index (Phi) is 9.54. The normalized spacial score (nSPS) is 17.1. The maximum absolute atomic E-state index is 13.6. The van der Waals surface area contributed by atoms with Crippen molar-refractivity contribution in [1.29, 1.82) is 0 Å². The summed E-state index contributed by atoms with van der Waals surface area (Å²) in [5.41, 5.74) is 5.67. The van der Waals surface area contributed by atoms with Crippen molar-refractivity contribution in [1.82, 2.24) is 15.1 Å². The molecule has 0 spiro atoms. The number of carboxylic acid groups (broad SMARTS) is 1. The van der Waals surface area contributed by atoms with E-state index < -0.39 is 18.1 Å². The van der Waals surface area contributed by atoms with E-state index in [4.69, 9.17) is 4.74 Å². The summed E-state index contributed by atoms with van der Waals surface area (Å²) >= 11 is 0. The smallest absolute Gasteiger partial charge is 0.407 e. The number of carbonyl (C=O) groups excluding carboxylic acids is 2. The first-order valence-electron chi connectivity index (χ1n) is 14.8. The molecule has 220 valence electrons. The molecule has 0 bridgehead atoms. The van der Waals surface area contributed by atoms with E-state index in [1.165, 1.54) is 5.56 Å². The van der Waals surface area contributed by atoms with Gasteiger partial charge in [0.2, 0.25) is 5.91 Å². The quantitative estimate of drug-likeness (QED) is 0.326. The van der Waals surface area contributed by atoms with Gasteiger partial charge in [-0.2, -0.15) is 0 Å². The molecule has 0 radical (unpaired) electrons. The fraction of sp³-hybridized carbons (Fsp3) is 0.382. The number of aliphatic carboxylic acids is 1. The van der Waals surface area contributed by atoms with Gasteiger partial charge in [0.15, 0.2) is 0 Å². The molecule has 2 amide bonds. The van der Waals surface area contributed by atoms with E-state index in [1.54, 1.807) is 11.9 Å². The van der Waals surface area contributed by atoms with Crippen LogP contribution in [0.4, 0.5) is 4.79 Å². The van der Waals surface area contributed by atoms with Crippen LogP contribution in [0.2, 0.25) is 0 Å². The molecule has 1 aliphatic carbocycles. The van der Waals surface area contributed by atoms with Gasteiger partial charge in [-0.05, 0) is 53.6 Å². The Bertz CT molecular complexity index is 1350. The van der Waals surface area contributed by atoms with Gasteiger partial charge in [-0.3, -0.25) is 14.5 Å². The number of nitrogens with one attached hydrogen (secondary N) is 1. The standard InChI is InChI=1S/C34H39N3O5/c1-36(22-25-13-9-10-20-37(25)21-24-11-3-2-4-12-24)33(40)31(18-19-32(38)39)35-34(41)42-23-30-28-16-7-5-14-26(28)27-15-6-8-17-29(27)30/h2-8,11-12,14-17,25,30-31H,9-10,13,18-23H2,1H3,(H,35,41)(H,38,39). The minimum atomic E-state index is -1.02. The highest BCUT2D eigenvalue weighted by molar-refractivity contribution is 5.86. The van der Waals surface area contributed by atoms with Crippen LogP contribution in [0.25, 0.3) is 11.1 Å². The molecule has 1 fully saturated rings. The lowest BCUT2D eigenvalue weighted by Gasteiger charge is -2.38. The topological polar surface area (TPSA) is 99.2 Å². The number of rotatable bonds is 11. The Morgan fingerprint density at radius 2 is 1.60 bits per heavy atom. The van der Waals surface area contributed by atoms with E-state index in [-0.39, 0.29) is 37.3 Å². The van der Waals surface area contributed by atoms with Crippen molar-refractivity contribution in [2.75, 3.05) is 26.7 Å². The van der Waals surface area contributed by atoms with Gasteiger partial charge in [-0.15, -0.1) is 0 Å². The molecule has 3 aromatic carbocycles. The third-order valence-electron chi connectivity index (χ3n) is 8.42. The van der Waals surface area contributed by atoms with Crippen LogP contribution in [-0.4, -0.2) is 71.7 Å². The zero-order chi connectivity index (χ0) is 29.5. The lowest BCUT2D eigenvalue weighted by molar-refractivity contribution is -0.138. The molecule has 8 heteroatoms. The monoisotopic (exact) mass is 569 g/mol. The molecular weight excluding hydrogens is 530 g/mol. The maximum Gasteiger partial charge on any atom is 0.407 e. The van der Waals surface area contributed by atoms with Crippen LogP contribution in [0.15, 0.2) is 78.9 Å². The highest BCUT2D eigenvalue weighted by Gasteiger charge is 2.32. The average Bonchev–Trinajstić information content (AvgIpc) is 3.32. The van der Waals surface area contributed by atoms with E-state index in [0.29, 0.717) is 6.54 Å². The number of amides is 2. The third-order valence-corrected chi connectivity index (χ3v) is 8.42. The van der Waals surface area contributed by atoms with Gasteiger partial charge >= 0.3 is 12.1 Å². The van der Waals surface area contributed by atoms with E-state index in [9.17, 15) is 19.5 Å². The molecule has 1 saturated heterocycles. The summed E-state index contributed by atoms with van der Waals surface area (Å²) in [6.45, 7) is 2.39. The molecule has 2 N–H and O–H groups in total. The second-order valence-corrected chi connectivity index (χ2v) is 11.3. The molecule has 0 saturated carbocycles. The highest BCUT2D eigenvalue weighted by Crippen LogP contribution is 2.44. The Labute approximate surface area is 247 Å². The summed E-state index contributed by atoms with van der Waals surface area (Å²) in [4.78, 5) is 42.0. The van der Waals surface area contributed by atoms with Crippen molar-refractivity contribution in [2.24, 2.45) is 0 Å². The minimum absolute atomic E-state index is 0.0128. The lowest BCUT2D eigenvalue weighted by atomic mass is 9.98. The zero-order valence-corrected chi connectivity index (χ0v) is 24.1. The number of carboxylic acids is 1. The number of benzene rings is 3. The van der Waals surface area contributed by atoms with Crippen molar-refractivity contribution in [3.63, 3.8) is 0 Å². The van der Waals surface area contributed by atoms with Crippen molar-refractivity contribution in [3.05, 3.63) is 95.6 Å². The van der Waals surface area contributed by atoms with Gasteiger partial charge in [0.25, 0.3) is 0 Å². The first-order chi connectivity index (χ1) is 20.4. The summed E-state index contributed by atoms with van der Waals surface area (Å²) in [6.07, 6.45) is 2.21. The number of likely N-dealkylation sites (N-methyl/N-ethyl adjacent to an activating group) is 1. The summed E-state index contributed by atoms with van der Waals surface area (Å²) in [5, 5.41) is 12.0. The second kappa shape index (κ2) is 13.7. The SMILES string of the molecule is CN(CC1CCCCN1Cc1ccccc1)C(=O)C(CCC(=O)O)NC(=O)OCC1c2ccccc2-c2ccccc21. The van der Waals surface area contributed by atoms with Crippen molar-refractivity contribution in [2.45, 2.75) is 56.7 Å². The molecule has 2 unspecified atom stereocenters. The van der Waals surface area contributed by atoms with Crippen molar-refractivity contribution < 1.29 is 24.2 Å². The first kappa shape index (κ1) is 29.3. The van der Waals surface area contributed by atoms with Gasteiger partial charge in [0, 0.05) is 38.5 Å². The molecule has 1 aliphatic heterocycles. The molecule has 42 heavy (non-hydrogen) atoms. The largest absolute Gasteiger partial charge is 0.481 e. The van der Waals surface area contributed by atoms with Crippen molar-refractivity contribution in [3.8, 4) is 11.1 Å². The Hall–Kier alpha value is -4.17. The maximum atomic E-state index is 13.6. The van der Waals surface area contributed by atoms with Crippen molar-refractivity contribution >= 4 is 18.0 Å². The van der Waals surface area contributed by atoms with E-state index in [2.05, 4.69) is 34.5 Å². The number of nitrogens with zero attached hydrogens (tertiary/aromatic N) is 2. The van der Waals surface area contributed by atoms with Gasteiger partial charge in [0.1, 0.15) is 12.6 Å². The molecule has 2 aliphatic rings. The van der Waals surface area contributed by atoms with Crippen LogP contribution in [-0.2, 0) is 20.9 Å². The summed E-state index contributed by atoms with van der Waals surface area (Å²) in [6, 6.07) is 25.6. The lowest BCUT2D eigenvalue weighted by Crippen LogP contribution is -2.52. The predicted molar refractivity (Wildman–Crippen MR) is 161 cm³/mol. The fourth-order valence-corrected chi connectivity index (χ4v) is 6.27. The molecule has 5 rings (SSSR count). The second-order valence-electron chi connectivity index (χ2n) is 11.3. The van der Waals surface area contributed by atoms with Crippen LogP contribution in [0.3, 0.4) is 0 Å². The zero-order valence-electron chi connectivity index (χ0n) is 24.1. The summed E-state index contributed by atoms with van der Waals surface area (Å²) < 4.78 is 5.66. The molecule has 2 atom stereocenters. The Morgan fingerprint density at radius 1 is 0.952 bits per heavy atom. The number of hydrogen-bond acceptors (Lipinski definition) is 5. The van der Waals surface area contributed by atoms with Crippen LogP contribution in [0.5, 0.6) is 0 Å². The molecule has 0 aromatic heterocycles. The van der Waals surface area contributed by atoms with Crippen LogP contribution >= 0.6 is 0 Å². The highest BCUT2D eigenvalue weighted by atomic mass is 16.5. The number of piperidine rings is 1.